The largest absolute Gasteiger partial charge is 0.486 e. The maximum Gasteiger partial charge on any atom is 0.338 e. The van der Waals surface area contributed by atoms with Crippen LogP contribution in [0, 0.1) is 11.3 Å². The van der Waals surface area contributed by atoms with Crippen molar-refractivity contribution in [3.05, 3.63) is 75.2 Å². The van der Waals surface area contributed by atoms with Crippen molar-refractivity contribution in [1.82, 2.24) is 0 Å². The van der Waals surface area contributed by atoms with Gasteiger partial charge in [0.1, 0.15) is 41.3 Å². The first-order valence-corrected chi connectivity index (χ1v) is 9.66. The average molecular weight is 459 g/mol. The predicted octanol–water partition coefficient (Wildman–Crippen LogP) is 4.27. The zero-order chi connectivity index (χ0) is 21.0. The van der Waals surface area contributed by atoms with Gasteiger partial charge in [-0.15, -0.1) is 0 Å². The summed E-state index contributed by atoms with van der Waals surface area (Å²) in [5, 5.41) is 9.58. The lowest BCUT2D eigenvalue weighted by molar-refractivity contribution is -0.139. The molecule has 0 unspecified atom stereocenters. The minimum atomic E-state index is -0.811. The Balaban J connectivity index is 1.87. The number of carbonyl (C=O) groups excluding carboxylic acids is 1. The van der Waals surface area contributed by atoms with Gasteiger partial charge in [0, 0.05) is 4.47 Å². The molecular formula is C21H19BrN2O5. The molecule has 2 heterocycles. The minimum Gasteiger partial charge on any atom is -0.486 e. The molecule has 2 N–H and O–H groups in total. The summed E-state index contributed by atoms with van der Waals surface area (Å²) in [6.07, 6.45) is 0. The van der Waals surface area contributed by atoms with E-state index in [0.29, 0.717) is 17.3 Å². The van der Waals surface area contributed by atoms with E-state index in [4.69, 9.17) is 24.4 Å². The van der Waals surface area contributed by atoms with E-state index in [1.54, 1.807) is 26.0 Å². The van der Waals surface area contributed by atoms with Gasteiger partial charge in [-0.2, -0.15) is 5.26 Å². The van der Waals surface area contributed by atoms with Gasteiger partial charge in [0.15, 0.2) is 0 Å². The number of benzene rings is 1. The molecule has 1 aromatic carbocycles. The van der Waals surface area contributed by atoms with E-state index in [2.05, 4.69) is 15.9 Å². The van der Waals surface area contributed by atoms with Crippen LogP contribution in [0.1, 0.15) is 31.3 Å². The smallest absolute Gasteiger partial charge is 0.338 e. The molecule has 2 aromatic rings. The molecule has 0 aliphatic carbocycles. The lowest BCUT2D eigenvalue weighted by Gasteiger charge is -2.25. The first-order chi connectivity index (χ1) is 13.9. The van der Waals surface area contributed by atoms with E-state index in [1.807, 2.05) is 30.3 Å². The summed E-state index contributed by atoms with van der Waals surface area (Å²) in [6.45, 7) is 3.67. The van der Waals surface area contributed by atoms with E-state index in [-0.39, 0.29) is 36.0 Å². The van der Waals surface area contributed by atoms with Gasteiger partial charge in [-0.1, -0.05) is 15.9 Å². The van der Waals surface area contributed by atoms with Crippen LogP contribution in [0.4, 0.5) is 0 Å². The number of carbonyl (C=O) groups is 1. The summed E-state index contributed by atoms with van der Waals surface area (Å²) >= 11 is 3.37. The van der Waals surface area contributed by atoms with E-state index < -0.39 is 11.9 Å². The molecule has 1 atom stereocenters. The number of esters is 1. The predicted molar refractivity (Wildman–Crippen MR) is 107 cm³/mol. The molecule has 29 heavy (non-hydrogen) atoms. The molecule has 8 heteroatoms. The highest BCUT2D eigenvalue weighted by atomic mass is 79.9. The van der Waals surface area contributed by atoms with Crippen molar-refractivity contribution in [3.8, 4) is 11.8 Å². The Kier molecular flexibility index (Phi) is 6.29. The lowest BCUT2D eigenvalue weighted by atomic mass is 9.87. The fourth-order valence-corrected chi connectivity index (χ4v) is 3.22. The third-order valence-electron chi connectivity index (χ3n) is 4.26. The number of halogens is 1. The molecule has 0 amide bonds. The maximum atomic E-state index is 12.5. The Morgan fingerprint density at radius 3 is 2.66 bits per heavy atom. The number of nitrogens with zero attached hydrogens (tertiary/aromatic N) is 1. The van der Waals surface area contributed by atoms with Crippen LogP contribution in [-0.2, 0) is 20.9 Å². The van der Waals surface area contributed by atoms with Gasteiger partial charge in [-0.25, -0.2) is 4.79 Å². The second-order valence-electron chi connectivity index (χ2n) is 6.16. The normalized spacial score (nSPS) is 16.3. The summed E-state index contributed by atoms with van der Waals surface area (Å²) in [6, 6.07) is 12.8. The molecule has 0 saturated heterocycles. The number of nitrogens with two attached hydrogens (primary N) is 1. The third kappa shape index (κ3) is 4.46. The highest BCUT2D eigenvalue weighted by molar-refractivity contribution is 9.10. The second kappa shape index (κ2) is 8.88. The molecule has 1 aliphatic rings. The Morgan fingerprint density at radius 1 is 1.28 bits per heavy atom. The topological polar surface area (TPSA) is 108 Å². The quantitative estimate of drug-likeness (QED) is 0.643. The first-order valence-electron chi connectivity index (χ1n) is 8.87. The summed E-state index contributed by atoms with van der Waals surface area (Å²) in [5.74, 6) is 0.410. The Hall–Kier alpha value is -3.18. The van der Waals surface area contributed by atoms with Gasteiger partial charge >= 0.3 is 5.97 Å². The minimum absolute atomic E-state index is 0.0629. The van der Waals surface area contributed by atoms with Crippen LogP contribution in [0.25, 0.3) is 0 Å². The SMILES string of the molecule is CCOC(=O)C1=C(C)OC(N)=C(C#N)[C@@H]1c1ccc(COc2ccc(Br)cc2)o1. The highest BCUT2D eigenvalue weighted by Gasteiger charge is 2.38. The van der Waals surface area contributed by atoms with E-state index >= 15 is 0 Å². The lowest BCUT2D eigenvalue weighted by Crippen LogP contribution is -2.25. The molecule has 3 rings (SSSR count). The van der Waals surface area contributed by atoms with Crippen molar-refractivity contribution in [2.45, 2.75) is 26.4 Å². The van der Waals surface area contributed by atoms with Crippen LogP contribution in [0.15, 0.2) is 68.1 Å². The zero-order valence-electron chi connectivity index (χ0n) is 15.9. The van der Waals surface area contributed by atoms with Crippen LogP contribution in [-0.4, -0.2) is 12.6 Å². The van der Waals surface area contributed by atoms with Crippen molar-refractivity contribution < 1.29 is 23.4 Å². The van der Waals surface area contributed by atoms with Crippen LogP contribution >= 0.6 is 15.9 Å². The number of rotatable bonds is 6. The number of furan rings is 1. The monoisotopic (exact) mass is 458 g/mol. The van der Waals surface area contributed by atoms with E-state index in [0.717, 1.165) is 4.47 Å². The number of ether oxygens (including phenoxy) is 3. The fourth-order valence-electron chi connectivity index (χ4n) is 2.95. The van der Waals surface area contributed by atoms with Gasteiger partial charge in [0.25, 0.3) is 0 Å². The molecule has 0 saturated carbocycles. The van der Waals surface area contributed by atoms with Crippen LogP contribution in [0.2, 0.25) is 0 Å². The van der Waals surface area contributed by atoms with E-state index in [9.17, 15) is 10.1 Å². The second-order valence-corrected chi connectivity index (χ2v) is 7.08. The number of hydrogen-bond donors (Lipinski definition) is 1. The van der Waals surface area contributed by atoms with Crippen molar-refractivity contribution in [3.63, 3.8) is 0 Å². The van der Waals surface area contributed by atoms with Crippen LogP contribution in [0.3, 0.4) is 0 Å². The molecule has 1 aliphatic heterocycles. The average Bonchev–Trinajstić information content (AvgIpc) is 3.16. The third-order valence-corrected chi connectivity index (χ3v) is 4.79. The molecule has 150 valence electrons. The van der Waals surface area contributed by atoms with Crippen molar-refractivity contribution >= 4 is 21.9 Å². The molecule has 0 fully saturated rings. The highest BCUT2D eigenvalue weighted by Crippen LogP contribution is 2.40. The number of nitriles is 1. The van der Waals surface area contributed by atoms with E-state index in [1.165, 1.54) is 0 Å². The molecular weight excluding hydrogens is 440 g/mol. The van der Waals surface area contributed by atoms with Gasteiger partial charge < -0.3 is 24.4 Å². The maximum absolute atomic E-state index is 12.5. The summed E-state index contributed by atoms with van der Waals surface area (Å²) in [7, 11) is 0. The van der Waals surface area contributed by atoms with Crippen molar-refractivity contribution in [2.75, 3.05) is 6.61 Å². The van der Waals surface area contributed by atoms with Crippen molar-refractivity contribution in [2.24, 2.45) is 5.73 Å². The van der Waals surface area contributed by atoms with Gasteiger partial charge in [0.2, 0.25) is 5.88 Å². The standard InChI is InChI=1S/C21H19BrN2O5/c1-3-26-21(25)18-12(2)28-20(24)16(10-23)19(18)17-9-8-15(29-17)11-27-14-6-4-13(22)5-7-14/h4-9,19H,3,11,24H2,1-2H3/t19-/m1/s1. The van der Waals surface area contributed by atoms with Crippen LogP contribution < -0.4 is 10.5 Å². The molecule has 1 aromatic heterocycles. The summed E-state index contributed by atoms with van der Waals surface area (Å²) < 4.78 is 23.1. The van der Waals surface area contributed by atoms with Gasteiger partial charge in [0.05, 0.1) is 18.1 Å². The summed E-state index contributed by atoms with van der Waals surface area (Å²) in [5.41, 5.74) is 6.15. The Morgan fingerprint density at radius 2 is 2.00 bits per heavy atom. The Bertz CT molecular complexity index is 1010. The zero-order valence-corrected chi connectivity index (χ0v) is 17.5. The molecule has 7 nitrogen and oxygen atoms in total. The van der Waals surface area contributed by atoms with Gasteiger partial charge in [-0.3, -0.25) is 0 Å². The number of allylic oxidation sites excluding steroid dienone is 2. The number of hydrogen-bond acceptors (Lipinski definition) is 7. The first kappa shape index (κ1) is 20.6. The molecule has 0 bridgehead atoms. The fraction of sp³-hybridized carbons (Fsp3) is 0.238. The Labute approximate surface area is 176 Å². The van der Waals surface area contributed by atoms with Gasteiger partial charge in [-0.05, 0) is 50.2 Å². The molecule has 0 spiro atoms. The van der Waals surface area contributed by atoms with Crippen molar-refractivity contribution in [1.29, 1.82) is 5.26 Å². The van der Waals surface area contributed by atoms with Crippen LogP contribution in [0.5, 0.6) is 5.75 Å². The summed E-state index contributed by atoms with van der Waals surface area (Å²) in [4.78, 5) is 12.5. The molecule has 0 radical (unpaired) electrons.